The molecule has 0 saturated heterocycles. The summed E-state index contributed by atoms with van der Waals surface area (Å²) in [5.41, 5.74) is 0. The third kappa shape index (κ3) is 4.88. The SMILES string of the molecule is COC(CSSc1ccc(F)cc1)OC. The molecule has 1 rings (SSSR count). The van der Waals surface area contributed by atoms with E-state index in [1.807, 2.05) is 0 Å². The standard InChI is InChI=1S/C10H13FO2S2/c1-12-10(13-2)7-14-15-9-5-3-8(11)4-6-9/h3-6,10H,7H2,1-2H3. The van der Waals surface area contributed by atoms with Gasteiger partial charge in [0.1, 0.15) is 5.82 Å². The van der Waals surface area contributed by atoms with Crippen molar-refractivity contribution in [2.24, 2.45) is 0 Å². The Labute approximate surface area is 96.9 Å². The van der Waals surface area contributed by atoms with E-state index in [0.29, 0.717) is 0 Å². The van der Waals surface area contributed by atoms with Crippen molar-refractivity contribution in [1.29, 1.82) is 0 Å². The number of ether oxygens (including phenoxy) is 2. The van der Waals surface area contributed by atoms with Crippen LogP contribution in [0.2, 0.25) is 0 Å². The van der Waals surface area contributed by atoms with Gasteiger partial charge in [0.25, 0.3) is 0 Å². The molecule has 0 amide bonds. The number of halogens is 1. The van der Waals surface area contributed by atoms with Crippen molar-refractivity contribution in [3.8, 4) is 0 Å². The Kier molecular flexibility index (Phi) is 6.09. The molecule has 0 bridgehead atoms. The monoisotopic (exact) mass is 248 g/mol. The summed E-state index contributed by atoms with van der Waals surface area (Å²) < 4.78 is 22.7. The smallest absolute Gasteiger partial charge is 0.166 e. The Morgan fingerprint density at radius 1 is 1.20 bits per heavy atom. The quantitative estimate of drug-likeness (QED) is 0.568. The summed E-state index contributed by atoms with van der Waals surface area (Å²) in [5, 5.41) is 0. The highest BCUT2D eigenvalue weighted by Crippen LogP contribution is 2.31. The van der Waals surface area contributed by atoms with Gasteiger partial charge in [-0.2, -0.15) is 0 Å². The van der Waals surface area contributed by atoms with Crippen LogP contribution in [0.15, 0.2) is 29.2 Å². The average Bonchev–Trinajstić information content (AvgIpc) is 2.27. The molecule has 84 valence electrons. The molecule has 0 unspecified atom stereocenters. The fourth-order valence-electron chi connectivity index (χ4n) is 0.880. The van der Waals surface area contributed by atoms with E-state index in [9.17, 15) is 4.39 Å². The maximum Gasteiger partial charge on any atom is 0.166 e. The first kappa shape index (κ1) is 12.8. The van der Waals surface area contributed by atoms with E-state index >= 15 is 0 Å². The molecular formula is C10H13FO2S2. The molecule has 0 aliphatic heterocycles. The van der Waals surface area contributed by atoms with Gasteiger partial charge in [-0.25, -0.2) is 4.39 Å². The van der Waals surface area contributed by atoms with Crippen molar-refractivity contribution in [1.82, 2.24) is 0 Å². The van der Waals surface area contributed by atoms with Gasteiger partial charge in [-0.05, 0) is 24.3 Å². The van der Waals surface area contributed by atoms with Crippen LogP contribution in [-0.4, -0.2) is 26.3 Å². The molecule has 0 atom stereocenters. The maximum absolute atomic E-state index is 12.6. The lowest BCUT2D eigenvalue weighted by atomic mass is 10.4. The summed E-state index contributed by atoms with van der Waals surface area (Å²) in [4.78, 5) is 1.02. The summed E-state index contributed by atoms with van der Waals surface area (Å²) in [5.74, 6) is 0.519. The molecule has 0 radical (unpaired) electrons. The van der Waals surface area contributed by atoms with Crippen LogP contribution in [0.4, 0.5) is 4.39 Å². The number of hydrogen-bond donors (Lipinski definition) is 0. The minimum atomic E-state index is -0.212. The van der Waals surface area contributed by atoms with Gasteiger partial charge in [0.05, 0.1) is 5.75 Å². The summed E-state index contributed by atoms with van der Waals surface area (Å²) in [6.07, 6.45) is -0.192. The van der Waals surface area contributed by atoms with Crippen molar-refractivity contribution in [2.75, 3.05) is 20.0 Å². The predicted octanol–water partition coefficient (Wildman–Crippen LogP) is 3.18. The van der Waals surface area contributed by atoms with E-state index in [-0.39, 0.29) is 12.1 Å². The molecule has 5 heteroatoms. The third-order valence-corrected chi connectivity index (χ3v) is 4.03. The maximum atomic E-state index is 12.6. The molecule has 0 aromatic heterocycles. The van der Waals surface area contributed by atoms with Crippen LogP contribution >= 0.6 is 21.6 Å². The lowest BCUT2D eigenvalue weighted by Gasteiger charge is -2.11. The Balaban J connectivity index is 2.28. The van der Waals surface area contributed by atoms with Crippen molar-refractivity contribution >= 4 is 21.6 Å². The fraction of sp³-hybridized carbons (Fsp3) is 0.400. The molecule has 15 heavy (non-hydrogen) atoms. The van der Waals surface area contributed by atoms with Gasteiger partial charge in [0.15, 0.2) is 6.29 Å². The average molecular weight is 248 g/mol. The van der Waals surface area contributed by atoms with Crippen molar-refractivity contribution in [3.63, 3.8) is 0 Å². The summed E-state index contributed by atoms with van der Waals surface area (Å²) >= 11 is 0. The van der Waals surface area contributed by atoms with Crippen LogP contribution < -0.4 is 0 Å². The van der Waals surface area contributed by atoms with Gasteiger partial charge in [0, 0.05) is 19.1 Å². The first-order valence-electron chi connectivity index (χ1n) is 4.37. The van der Waals surface area contributed by atoms with Crippen molar-refractivity contribution in [3.05, 3.63) is 30.1 Å². The largest absolute Gasteiger partial charge is 0.355 e. The van der Waals surface area contributed by atoms with Gasteiger partial charge in [-0.3, -0.25) is 0 Å². The van der Waals surface area contributed by atoms with Crippen LogP contribution in [0, 0.1) is 5.82 Å². The van der Waals surface area contributed by atoms with Crippen LogP contribution in [0.1, 0.15) is 0 Å². The minimum absolute atomic E-state index is 0.192. The molecule has 0 spiro atoms. The van der Waals surface area contributed by atoms with Crippen LogP contribution in [0.5, 0.6) is 0 Å². The highest BCUT2D eigenvalue weighted by atomic mass is 33.1. The zero-order valence-corrected chi connectivity index (χ0v) is 10.2. The first-order chi connectivity index (χ1) is 7.26. The molecule has 2 nitrogen and oxygen atoms in total. The summed E-state index contributed by atoms with van der Waals surface area (Å²) in [7, 11) is 6.41. The fourth-order valence-corrected chi connectivity index (χ4v) is 2.99. The normalized spacial score (nSPS) is 10.9. The second kappa shape index (κ2) is 7.11. The Morgan fingerprint density at radius 2 is 1.80 bits per heavy atom. The molecular weight excluding hydrogens is 235 g/mol. The van der Waals surface area contributed by atoms with E-state index in [0.717, 1.165) is 10.6 Å². The number of methoxy groups -OCH3 is 2. The van der Waals surface area contributed by atoms with Gasteiger partial charge < -0.3 is 9.47 Å². The van der Waals surface area contributed by atoms with Crippen LogP contribution in [0.25, 0.3) is 0 Å². The highest BCUT2D eigenvalue weighted by Gasteiger charge is 2.05. The van der Waals surface area contributed by atoms with E-state index in [1.54, 1.807) is 47.9 Å². The highest BCUT2D eigenvalue weighted by molar-refractivity contribution is 8.76. The zero-order valence-electron chi connectivity index (χ0n) is 8.60. The van der Waals surface area contributed by atoms with E-state index in [2.05, 4.69) is 0 Å². The van der Waals surface area contributed by atoms with Crippen LogP contribution in [0.3, 0.4) is 0 Å². The molecule has 0 aliphatic rings. The second-order valence-corrected chi connectivity index (χ2v) is 5.14. The van der Waals surface area contributed by atoms with Gasteiger partial charge in [0.2, 0.25) is 0 Å². The Bertz CT molecular complexity index is 275. The third-order valence-electron chi connectivity index (χ3n) is 1.70. The van der Waals surface area contributed by atoms with Gasteiger partial charge in [-0.1, -0.05) is 21.6 Å². The molecule has 0 saturated carbocycles. The predicted molar refractivity (Wildman–Crippen MR) is 62.5 cm³/mol. The lowest BCUT2D eigenvalue weighted by Crippen LogP contribution is -2.14. The molecule has 0 N–H and O–H groups in total. The first-order valence-corrected chi connectivity index (χ1v) is 6.68. The van der Waals surface area contributed by atoms with Crippen molar-refractivity contribution in [2.45, 2.75) is 11.2 Å². The Hall–Kier alpha value is -0.230. The molecule has 0 heterocycles. The summed E-state index contributed by atoms with van der Waals surface area (Å²) in [6.45, 7) is 0. The second-order valence-electron chi connectivity index (χ2n) is 2.72. The van der Waals surface area contributed by atoms with Gasteiger partial charge in [-0.15, -0.1) is 0 Å². The number of rotatable bonds is 6. The van der Waals surface area contributed by atoms with E-state index in [1.165, 1.54) is 12.1 Å². The van der Waals surface area contributed by atoms with Crippen LogP contribution in [-0.2, 0) is 9.47 Å². The zero-order chi connectivity index (χ0) is 11.1. The number of hydrogen-bond acceptors (Lipinski definition) is 4. The molecule has 0 fully saturated rings. The number of benzene rings is 1. The van der Waals surface area contributed by atoms with E-state index in [4.69, 9.17) is 9.47 Å². The molecule has 1 aromatic rings. The van der Waals surface area contributed by atoms with Crippen molar-refractivity contribution < 1.29 is 13.9 Å². The molecule has 1 aromatic carbocycles. The topological polar surface area (TPSA) is 18.5 Å². The molecule has 0 aliphatic carbocycles. The lowest BCUT2D eigenvalue weighted by molar-refractivity contribution is -0.0840. The minimum Gasteiger partial charge on any atom is -0.355 e. The summed E-state index contributed by atoms with van der Waals surface area (Å²) in [6, 6.07) is 6.41. The van der Waals surface area contributed by atoms with Gasteiger partial charge >= 0.3 is 0 Å². The Morgan fingerprint density at radius 3 is 2.33 bits per heavy atom. The van der Waals surface area contributed by atoms with E-state index < -0.39 is 0 Å².